The van der Waals surface area contributed by atoms with Gasteiger partial charge in [-0.05, 0) is 120 Å². The zero-order valence-corrected chi connectivity index (χ0v) is 54.4. The Morgan fingerprint density at radius 1 is 1.00 bits per heavy atom. The summed E-state index contributed by atoms with van der Waals surface area (Å²) in [7, 11) is 5.64. The van der Waals surface area contributed by atoms with Gasteiger partial charge in [0.1, 0.15) is 57.9 Å². The summed E-state index contributed by atoms with van der Waals surface area (Å²) in [6.07, 6.45) is 4.56. The molecule has 89 heavy (non-hydrogen) atoms. The van der Waals surface area contributed by atoms with E-state index in [1.54, 1.807) is 52.0 Å². The lowest BCUT2D eigenvalue weighted by molar-refractivity contribution is -0.187. The third-order valence-electron chi connectivity index (χ3n) is 17.8. The number of Topliss-reactive ketones (excluding diaryl/α,β-unsaturated/α-hetero) is 2. The molecule has 1 saturated carbocycles. The van der Waals surface area contributed by atoms with Crippen molar-refractivity contribution in [3.8, 4) is 5.75 Å². The van der Waals surface area contributed by atoms with E-state index >= 15 is 4.39 Å². The summed E-state index contributed by atoms with van der Waals surface area (Å²) in [5, 5.41) is 17.1. The summed E-state index contributed by atoms with van der Waals surface area (Å²) in [5.41, 5.74) is 3.46. The lowest BCUT2D eigenvalue weighted by Gasteiger charge is -2.41. The Labute approximate surface area is 530 Å². The number of primary amides is 1. The molecule has 5 N–H and O–H groups in total. The van der Waals surface area contributed by atoms with Crippen molar-refractivity contribution in [1.29, 1.82) is 0 Å². The number of anilines is 1. The van der Waals surface area contributed by atoms with Gasteiger partial charge in [-0.3, -0.25) is 33.6 Å². The molecule has 2 aromatic carbocycles. The number of unbranched alkanes of at least 4 members (excludes halogenated alkanes) is 1. The Morgan fingerprint density at radius 2 is 1.71 bits per heavy atom. The maximum Gasteiger partial charge on any atom is 0.328 e. The maximum atomic E-state index is 16.3. The van der Waals surface area contributed by atoms with Crippen molar-refractivity contribution in [1.82, 2.24) is 15.5 Å². The van der Waals surface area contributed by atoms with E-state index in [0.29, 0.717) is 37.1 Å². The standard InChI is InChI=1S/C65H88Cl2FN5O16/c1-35(2)44(30-43(74)21-13-12-18-37(4)86-62(81)41-19-15-20-41)59(78)71-48(22-16-24-70-63(69)82)50(75)29-42-28-46(66)45(31-47(42)68)60(79)72(8)39(6)61(80)88-54-32-55(76)73(9)49-26-40(27-51(84-10)57(49)67)25-36(3)17-14-23-53(85-11)65(83)33-52(87-56(77)34-65)38(5)58-64(54,7)89-58/h14,17,23,26-28,31,35,37-39,41,44,48,52-54,58,83H,12-13,15-16,18-22,24-25,29-30,32-34H2,1-11H3,(H,71,78)(H3,69,70,82)/b23-14+,36-17+/t37?,38-,39+,44+,48+,52+,53-,54+,58+,64+,65-/m1/s1. The zero-order valence-electron chi connectivity index (χ0n) is 52.9. The van der Waals surface area contributed by atoms with Crippen LogP contribution in [0.4, 0.5) is 14.9 Å². The minimum Gasteiger partial charge on any atom is -0.495 e. The Bertz CT molecular complexity index is 3030. The molecule has 4 aliphatic rings. The number of nitrogens with two attached hydrogens (primary N) is 1. The van der Waals surface area contributed by atoms with Crippen LogP contribution in [-0.2, 0) is 70.1 Å². The number of benzene rings is 2. The third-order valence-corrected chi connectivity index (χ3v) is 18.5. The molecule has 0 radical (unpaired) electrons. The van der Waals surface area contributed by atoms with Gasteiger partial charge in [-0.15, -0.1) is 0 Å². The number of methoxy groups -OCH3 is 2. The molecule has 2 aromatic rings. The molecule has 24 heteroatoms. The first-order valence-electron chi connectivity index (χ1n) is 30.5. The molecule has 1 aliphatic carbocycles. The van der Waals surface area contributed by atoms with Crippen LogP contribution >= 0.6 is 23.2 Å². The first-order valence-corrected chi connectivity index (χ1v) is 31.3. The van der Waals surface area contributed by atoms with Crippen LogP contribution in [0.1, 0.15) is 153 Å². The van der Waals surface area contributed by atoms with Gasteiger partial charge in [-0.25, -0.2) is 14.0 Å². The van der Waals surface area contributed by atoms with Crippen LogP contribution in [0, 0.1) is 29.5 Å². The van der Waals surface area contributed by atoms with Crippen LogP contribution < -0.4 is 26.0 Å². The number of ketones is 2. The average molecular weight is 1290 g/mol. The lowest BCUT2D eigenvalue weighted by atomic mass is 9.78. The summed E-state index contributed by atoms with van der Waals surface area (Å²) >= 11 is 13.6. The molecule has 3 heterocycles. The second kappa shape index (κ2) is 31.5. The number of halogens is 3. The van der Waals surface area contributed by atoms with Crippen molar-refractivity contribution in [3.05, 3.63) is 80.6 Å². The molecule has 5 amide bonds. The molecule has 21 nitrogen and oxygen atoms in total. The number of nitrogens with zero attached hydrogens (tertiary/aromatic N) is 2. The highest BCUT2D eigenvalue weighted by Crippen LogP contribution is 2.50. The van der Waals surface area contributed by atoms with Crippen LogP contribution in [0.2, 0.25) is 10.0 Å². The molecule has 0 aromatic heterocycles. The van der Waals surface area contributed by atoms with Gasteiger partial charge < -0.3 is 59.7 Å². The topological polar surface area (TPSA) is 289 Å². The number of hydrogen-bond donors (Lipinski definition) is 4. The Morgan fingerprint density at radius 3 is 2.35 bits per heavy atom. The summed E-state index contributed by atoms with van der Waals surface area (Å²) in [4.78, 5) is 124. The Hall–Kier alpha value is -6.46. The van der Waals surface area contributed by atoms with Crippen LogP contribution in [0.3, 0.4) is 0 Å². The van der Waals surface area contributed by atoms with E-state index < -0.39 is 120 Å². The number of fused-ring (bicyclic) bond motifs is 5. The highest BCUT2D eigenvalue weighted by atomic mass is 35.5. The van der Waals surface area contributed by atoms with Gasteiger partial charge in [0.25, 0.3) is 5.91 Å². The van der Waals surface area contributed by atoms with Crippen LogP contribution in [0.5, 0.6) is 5.75 Å². The number of urea groups is 1. The molecule has 11 atom stereocenters. The molecule has 4 bridgehead atoms. The number of allylic oxidation sites excluding steroid dienone is 3. The van der Waals surface area contributed by atoms with E-state index in [1.807, 2.05) is 19.9 Å². The Kier molecular flexibility index (Phi) is 25.4. The molecule has 0 spiro atoms. The fraction of sp³-hybridized carbons (Fsp3) is 0.615. The number of carbonyl (C=O) groups excluding carboxylic acids is 9. The number of esters is 3. The maximum absolute atomic E-state index is 16.3. The fourth-order valence-electron chi connectivity index (χ4n) is 11.7. The van der Waals surface area contributed by atoms with Crippen LogP contribution in [-0.4, -0.2) is 152 Å². The number of rotatable bonds is 25. The summed E-state index contributed by atoms with van der Waals surface area (Å²) in [6.45, 7) is 12.1. The molecule has 2 saturated heterocycles. The fourth-order valence-corrected chi connectivity index (χ4v) is 12.2. The first-order chi connectivity index (χ1) is 41.9. The number of epoxide rings is 1. The van der Waals surface area contributed by atoms with Gasteiger partial charge in [0, 0.05) is 65.3 Å². The molecule has 3 fully saturated rings. The van der Waals surface area contributed by atoms with E-state index in [1.165, 1.54) is 40.1 Å². The largest absolute Gasteiger partial charge is 0.495 e. The SMILES string of the molecule is COc1cc2cc(c1Cl)N(C)C(=O)C[C@H](OC(=O)[C@H](C)N(C)C(=O)c1cc(F)c(CC(=O)[C@H](CCCNC(N)=O)NC(=O)[C@@H](CC(=O)CCCCC(C)OC(=O)C3CCC3)C(C)C)cc1Cl)[C@]1(C)O[C@H]1[C@H](C)[C@@H]1C[C@@](O)(CC(=O)O1)[C@H](OC)/C=C/C=C(\C)C2. The molecule has 1 unspecified atom stereocenters. The number of ether oxygens (including phenoxy) is 6. The second-order valence-electron chi connectivity index (χ2n) is 24.9. The second-order valence-corrected chi connectivity index (χ2v) is 25.7. The summed E-state index contributed by atoms with van der Waals surface area (Å²) in [5.74, 6) is -7.22. The smallest absolute Gasteiger partial charge is 0.328 e. The number of amides is 5. The van der Waals surface area contributed by atoms with E-state index in [4.69, 9.17) is 57.4 Å². The van der Waals surface area contributed by atoms with E-state index in [0.717, 1.165) is 47.4 Å². The number of carbonyl (C=O) groups is 9. The van der Waals surface area contributed by atoms with Crippen molar-refractivity contribution in [3.63, 3.8) is 0 Å². The molecule has 3 aliphatic heterocycles. The van der Waals surface area contributed by atoms with Crippen molar-refractivity contribution < 1.29 is 81.1 Å². The van der Waals surface area contributed by atoms with Gasteiger partial charge in [0.2, 0.25) is 11.8 Å². The number of hydrogen-bond acceptors (Lipinski definition) is 16. The average Bonchev–Trinajstić information content (AvgIpc) is 1.61. The van der Waals surface area contributed by atoms with Crippen molar-refractivity contribution >= 4 is 82.1 Å². The van der Waals surface area contributed by atoms with Crippen molar-refractivity contribution in [2.75, 3.05) is 39.8 Å². The molecule has 6 rings (SSSR count). The van der Waals surface area contributed by atoms with Crippen LogP contribution in [0.15, 0.2) is 48.1 Å². The predicted octanol–water partition coefficient (Wildman–Crippen LogP) is 8.44. The lowest BCUT2D eigenvalue weighted by Crippen LogP contribution is -2.53. The van der Waals surface area contributed by atoms with E-state index in [-0.39, 0.29) is 95.9 Å². The number of likely N-dealkylation sites (N-methyl/N-ethyl adjacent to an activating group) is 1. The normalized spacial score (nSPS) is 25.3. The summed E-state index contributed by atoms with van der Waals surface area (Å²) in [6, 6.07) is 1.99. The zero-order chi connectivity index (χ0) is 65.8. The van der Waals surface area contributed by atoms with Gasteiger partial charge in [-0.1, -0.05) is 74.2 Å². The molecule has 490 valence electrons. The van der Waals surface area contributed by atoms with Gasteiger partial charge in [0.15, 0.2) is 5.78 Å². The van der Waals surface area contributed by atoms with E-state index in [9.17, 15) is 48.3 Å². The van der Waals surface area contributed by atoms with Crippen molar-refractivity contribution in [2.45, 2.75) is 199 Å². The highest BCUT2D eigenvalue weighted by molar-refractivity contribution is 6.35. The quantitative estimate of drug-likeness (QED) is 0.0314. The third kappa shape index (κ3) is 18.6. The number of nitrogens with one attached hydrogen (secondary N) is 2. The van der Waals surface area contributed by atoms with E-state index in [2.05, 4.69) is 10.6 Å². The predicted molar refractivity (Wildman–Crippen MR) is 330 cm³/mol. The van der Waals surface area contributed by atoms with Crippen LogP contribution in [0.25, 0.3) is 0 Å². The number of aliphatic hydroxyl groups is 1. The van der Waals surface area contributed by atoms with Crippen molar-refractivity contribution in [2.24, 2.45) is 29.4 Å². The minimum absolute atomic E-state index is 0.00273. The minimum atomic E-state index is -1.69. The summed E-state index contributed by atoms with van der Waals surface area (Å²) < 4.78 is 51.5. The monoisotopic (exact) mass is 1280 g/mol. The Balaban J connectivity index is 1.17. The van der Waals surface area contributed by atoms with Gasteiger partial charge >= 0.3 is 23.9 Å². The highest BCUT2D eigenvalue weighted by Gasteiger charge is 2.64. The molecular weight excluding hydrogens is 1200 g/mol. The van der Waals surface area contributed by atoms with Gasteiger partial charge in [0.05, 0.1) is 60.4 Å². The molecular formula is C65H88Cl2FN5O16. The van der Waals surface area contributed by atoms with Gasteiger partial charge in [-0.2, -0.15) is 0 Å². The first kappa shape index (κ1) is 71.6.